The van der Waals surface area contributed by atoms with E-state index in [0.717, 1.165) is 6.07 Å². The monoisotopic (exact) mass is 267 g/mol. The van der Waals surface area contributed by atoms with Crippen LogP contribution < -0.4 is 5.56 Å². The van der Waals surface area contributed by atoms with E-state index in [9.17, 15) is 22.8 Å². The molecule has 0 aliphatic rings. The summed E-state index contributed by atoms with van der Waals surface area (Å²) < 4.78 is 38.7. The van der Waals surface area contributed by atoms with Crippen molar-refractivity contribution >= 4 is 6.29 Å². The van der Waals surface area contributed by atoms with Gasteiger partial charge in [-0.15, -0.1) is 0 Å². The summed E-state index contributed by atoms with van der Waals surface area (Å²) in [6.45, 7) is 0. The number of carbonyl (C=O) groups is 1. The number of benzene rings is 1. The van der Waals surface area contributed by atoms with Gasteiger partial charge < -0.3 is 4.98 Å². The minimum absolute atomic E-state index is 0.0829. The molecule has 0 spiro atoms. The summed E-state index contributed by atoms with van der Waals surface area (Å²) in [6, 6.07) is 5.91. The van der Waals surface area contributed by atoms with Crippen molar-refractivity contribution in [2.24, 2.45) is 0 Å². The number of halogens is 3. The molecular formula is C13H8F3NO2. The number of nitrogens with one attached hydrogen (secondary N) is 1. The highest BCUT2D eigenvalue weighted by Gasteiger charge is 2.34. The van der Waals surface area contributed by atoms with Gasteiger partial charge in [-0.05, 0) is 12.1 Å². The summed E-state index contributed by atoms with van der Waals surface area (Å²) >= 11 is 0. The van der Waals surface area contributed by atoms with Crippen molar-refractivity contribution in [3.8, 4) is 11.1 Å². The van der Waals surface area contributed by atoms with Gasteiger partial charge in [0.1, 0.15) is 0 Å². The Morgan fingerprint density at radius 2 is 1.79 bits per heavy atom. The van der Waals surface area contributed by atoms with E-state index in [1.807, 2.05) is 0 Å². The lowest BCUT2D eigenvalue weighted by atomic mass is 9.97. The molecule has 3 nitrogen and oxygen atoms in total. The Labute approximate surface area is 105 Å². The Morgan fingerprint density at radius 1 is 1.11 bits per heavy atom. The number of rotatable bonds is 2. The first kappa shape index (κ1) is 13.1. The molecular weight excluding hydrogens is 259 g/mol. The van der Waals surface area contributed by atoms with Crippen molar-refractivity contribution in [2.75, 3.05) is 0 Å². The molecule has 98 valence electrons. The van der Waals surface area contributed by atoms with Gasteiger partial charge in [-0.2, -0.15) is 13.2 Å². The van der Waals surface area contributed by atoms with Crippen molar-refractivity contribution in [3.05, 3.63) is 58.0 Å². The van der Waals surface area contributed by atoms with E-state index in [4.69, 9.17) is 0 Å². The van der Waals surface area contributed by atoms with E-state index in [-0.39, 0.29) is 16.7 Å². The summed E-state index contributed by atoms with van der Waals surface area (Å²) in [5.74, 6) is 0. The summed E-state index contributed by atoms with van der Waals surface area (Å²) in [4.78, 5) is 24.8. The molecule has 1 N–H and O–H groups in total. The molecule has 2 aromatic rings. The Morgan fingerprint density at radius 3 is 2.42 bits per heavy atom. The van der Waals surface area contributed by atoms with Crippen molar-refractivity contribution in [1.29, 1.82) is 0 Å². The third kappa shape index (κ3) is 2.42. The lowest BCUT2D eigenvalue weighted by Crippen LogP contribution is -2.15. The third-order valence-electron chi connectivity index (χ3n) is 2.62. The summed E-state index contributed by atoms with van der Waals surface area (Å²) in [7, 11) is 0. The van der Waals surface area contributed by atoms with Crippen molar-refractivity contribution in [3.63, 3.8) is 0 Å². The maximum atomic E-state index is 12.9. The molecule has 0 atom stereocenters. The lowest BCUT2D eigenvalue weighted by molar-refractivity contribution is -0.137. The van der Waals surface area contributed by atoms with E-state index in [2.05, 4.69) is 4.98 Å². The number of alkyl halides is 3. The molecule has 1 aromatic heterocycles. The van der Waals surface area contributed by atoms with Crippen LogP contribution >= 0.6 is 0 Å². The average molecular weight is 267 g/mol. The van der Waals surface area contributed by atoms with Crippen LogP contribution in [0.15, 0.2) is 41.3 Å². The number of carbonyl (C=O) groups excluding carboxylic acids is 1. The zero-order valence-electron chi connectivity index (χ0n) is 9.49. The molecule has 0 unspecified atom stereocenters. The highest BCUT2D eigenvalue weighted by Crippen LogP contribution is 2.36. The van der Waals surface area contributed by atoms with E-state index < -0.39 is 17.3 Å². The van der Waals surface area contributed by atoms with Gasteiger partial charge in [0.15, 0.2) is 6.29 Å². The van der Waals surface area contributed by atoms with Crippen molar-refractivity contribution in [2.45, 2.75) is 6.18 Å². The Kier molecular flexibility index (Phi) is 3.25. The summed E-state index contributed by atoms with van der Waals surface area (Å²) in [5.41, 5.74) is -2.35. The summed E-state index contributed by atoms with van der Waals surface area (Å²) in [5, 5.41) is 0. The second kappa shape index (κ2) is 4.72. The van der Waals surface area contributed by atoms with Gasteiger partial charge in [-0.25, -0.2) is 0 Å². The van der Waals surface area contributed by atoms with Gasteiger partial charge in [0.25, 0.3) is 5.56 Å². The predicted octanol–water partition coefficient (Wildman–Crippen LogP) is 2.87. The fourth-order valence-electron chi connectivity index (χ4n) is 1.82. The van der Waals surface area contributed by atoms with Crippen LogP contribution in [0.5, 0.6) is 0 Å². The topological polar surface area (TPSA) is 49.9 Å². The van der Waals surface area contributed by atoms with Crippen LogP contribution in [0.2, 0.25) is 0 Å². The Balaban J connectivity index is 2.81. The standard InChI is InChI=1S/C13H8F3NO2/c14-13(15,16)10-4-2-1-3-9(10)11-8(7-18)5-6-17-12(11)19/h1-7H,(H,17,19). The number of aldehydes is 1. The first-order chi connectivity index (χ1) is 8.95. The molecule has 19 heavy (non-hydrogen) atoms. The van der Waals surface area contributed by atoms with Crippen LogP contribution in [-0.2, 0) is 6.18 Å². The van der Waals surface area contributed by atoms with Gasteiger partial charge in [0, 0.05) is 17.3 Å². The number of hydrogen-bond donors (Lipinski definition) is 1. The summed E-state index contributed by atoms with van der Waals surface area (Å²) in [6.07, 6.45) is -3.03. The first-order valence-electron chi connectivity index (χ1n) is 5.28. The average Bonchev–Trinajstić information content (AvgIpc) is 2.37. The van der Waals surface area contributed by atoms with Gasteiger partial charge in [0.05, 0.1) is 11.1 Å². The minimum Gasteiger partial charge on any atom is -0.329 e. The highest BCUT2D eigenvalue weighted by atomic mass is 19.4. The number of H-pyrrole nitrogens is 1. The first-order valence-corrected chi connectivity index (χ1v) is 5.28. The minimum atomic E-state index is -4.60. The molecule has 0 bridgehead atoms. The molecule has 0 aliphatic carbocycles. The zero-order valence-corrected chi connectivity index (χ0v) is 9.49. The molecule has 1 heterocycles. The van der Waals surface area contributed by atoms with Gasteiger partial charge >= 0.3 is 6.18 Å². The van der Waals surface area contributed by atoms with E-state index in [0.29, 0.717) is 6.29 Å². The smallest absolute Gasteiger partial charge is 0.329 e. The molecule has 0 aliphatic heterocycles. The zero-order chi connectivity index (χ0) is 14.0. The molecule has 0 radical (unpaired) electrons. The molecule has 2 rings (SSSR count). The van der Waals surface area contributed by atoms with Gasteiger partial charge in [0.2, 0.25) is 0 Å². The maximum Gasteiger partial charge on any atom is 0.417 e. The molecule has 0 saturated heterocycles. The van der Waals surface area contributed by atoms with E-state index >= 15 is 0 Å². The molecule has 0 saturated carbocycles. The molecule has 6 heteroatoms. The Hall–Kier alpha value is -2.37. The molecule has 0 amide bonds. The van der Waals surface area contributed by atoms with Crippen molar-refractivity contribution in [1.82, 2.24) is 4.98 Å². The van der Waals surface area contributed by atoms with Gasteiger partial charge in [-0.3, -0.25) is 9.59 Å². The van der Waals surface area contributed by atoms with Crippen LogP contribution in [0.4, 0.5) is 13.2 Å². The maximum absolute atomic E-state index is 12.9. The normalized spacial score (nSPS) is 11.3. The fourth-order valence-corrected chi connectivity index (χ4v) is 1.82. The molecule has 0 fully saturated rings. The highest BCUT2D eigenvalue weighted by molar-refractivity contribution is 5.87. The lowest BCUT2D eigenvalue weighted by Gasteiger charge is -2.13. The number of aromatic nitrogens is 1. The largest absolute Gasteiger partial charge is 0.417 e. The number of aromatic amines is 1. The third-order valence-corrected chi connectivity index (χ3v) is 2.62. The fraction of sp³-hybridized carbons (Fsp3) is 0.0769. The second-order valence-electron chi connectivity index (χ2n) is 3.80. The van der Waals surface area contributed by atoms with Crippen LogP contribution in [0, 0.1) is 0 Å². The van der Waals surface area contributed by atoms with Crippen LogP contribution in [-0.4, -0.2) is 11.3 Å². The predicted molar refractivity (Wildman–Crippen MR) is 62.9 cm³/mol. The van der Waals surface area contributed by atoms with Crippen LogP contribution in [0.3, 0.4) is 0 Å². The SMILES string of the molecule is O=Cc1cc[nH]c(=O)c1-c1ccccc1C(F)(F)F. The van der Waals surface area contributed by atoms with Crippen LogP contribution in [0.25, 0.3) is 11.1 Å². The van der Waals surface area contributed by atoms with Crippen molar-refractivity contribution < 1.29 is 18.0 Å². The Bertz CT molecular complexity index is 674. The molecule has 1 aromatic carbocycles. The van der Waals surface area contributed by atoms with E-state index in [1.165, 1.54) is 30.5 Å². The number of pyridine rings is 1. The quantitative estimate of drug-likeness (QED) is 0.850. The van der Waals surface area contributed by atoms with Gasteiger partial charge in [-0.1, -0.05) is 18.2 Å². The van der Waals surface area contributed by atoms with Crippen LogP contribution in [0.1, 0.15) is 15.9 Å². The number of hydrogen-bond acceptors (Lipinski definition) is 2. The van der Waals surface area contributed by atoms with E-state index in [1.54, 1.807) is 0 Å². The second-order valence-corrected chi connectivity index (χ2v) is 3.80.